The zero-order valence-electron chi connectivity index (χ0n) is 14.5. The van der Waals surface area contributed by atoms with Crippen LogP contribution in [0.3, 0.4) is 0 Å². The number of fused-ring (bicyclic) bond motifs is 1. The second kappa shape index (κ2) is 6.66. The highest BCUT2D eigenvalue weighted by Gasteiger charge is 2.20. The smallest absolute Gasteiger partial charge is 0.0951 e. The van der Waals surface area contributed by atoms with Crippen molar-refractivity contribution in [2.45, 2.75) is 39.2 Å². The van der Waals surface area contributed by atoms with Crippen LogP contribution < -0.4 is 0 Å². The predicted octanol–water partition coefficient (Wildman–Crippen LogP) is 5.30. The first-order valence-electron chi connectivity index (χ1n) is 8.89. The molecule has 1 fully saturated rings. The summed E-state index contributed by atoms with van der Waals surface area (Å²) in [6, 6.07) is 16.1. The van der Waals surface area contributed by atoms with Gasteiger partial charge in [-0.3, -0.25) is 0 Å². The van der Waals surface area contributed by atoms with Crippen LogP contribution >= 0.6 is 11.3 Å². The van der Waals surface area contributed by atoms with Gasteiger partial charge in [-0.1, -0.05) is 35.9 Å². The molecule has 124 valence electrons. The summed E-state index contributed by atoms with van der Waals surface area (Å²) < 4.78 is 1.30. The molecule has 1 saturated heterocycles. The summed E-state index contributed by atoms with van der Waals surface area (Å²) in [7, 11) is 0. The molecular formula is C21H24N2S. The van der Waals surface area contributed by atoms with Crippen LogP contribution in [0.15, 0.2) is 42.5 Å². The number of hydrogen-bond acceptors (Lipinski definition) is 3. The molecule has 1 aromatic heterocycles. The van der Waals surface area contributed by atoms with Crippen molar-refractivity contribution in [2.24, 2.45) is 0 Å². The Morgan fingerprint density at radius 2 is 1.92 bits per heavy atom. The van der Waals surface area contributed by atoms with Crippen molar-refractivity contribution in [2.75, 3.05) is 13.1 Å². The molecule has 0 amide bonds. The number of hydrogen-bond donors (Lipinski definition) is 0. The highest BCUT2D eigenvalue weighted by Crippen LogP contribution is 2.28. The van der Waals surface area contributed by atoms with Gasteiger partial charge >= 0.3 is 0 Å². The summed E-state index contributed by atoms with van der Waals surface area (Å²) in [4.78, 5) is 7.50. The fourth-order valence-electron chi connectivity index (χ4n) is 3.57. The molecule has 2 aromatic carbocycles. The van der Waals surface area contributed by atoms with Gasteiger partial charge in [0, 0.05) is 19.0 Å². The van der Waals surface area contributed by atoms with Gasteiger partial charge in [-0.25, -0.2) is 4.98 Å². The zero-order chi connectivity index (χ0) is 16.5. The maximum Gasteiger partial charge on any atom is 0.0951 e. The quantitative estimate of drug-likeness (QED) is 0.643. The van der Waals surface area contributed by atoms with E-state index in [-0.39, 0.29) is 0 Å². The Hall–Kier alpha value is -1.71. The van der Waals surface area contributed by atoms with Crippen LogP contribution in [0, 0.1) is 6.92 Å². The molecule has 24 heavy (non-hydrogen) atoms. The standard InChI is InChI=1S/C21H24N2S/c1-15-5-7-17(8-6-15)18-9-10-20-19(14-18)22-21(24-20)11-13-23-12-3-4-16(23)2/h5-10,14,16H,3-4,11-13H2,1-2H3/t16-/m1/s1. The third kappa shape index (κ3) is 3.24. The molecule has 1 atom stereocenters. The topological polar surface area (TPSA) is 16.1 Å². The Bertz CT molecular complexity index is 835. The molecule has 3 aromatic rings. The second-order valence-electron chi connectivity index (χ2n) is 6.93. The third-order valence-corrected chi connectivity index (χ3v) is 6.22. The molecule has 4 rings (SSSR count). The van der Waals surface area contributed by atoms with E-state index in [1.54, 1.807) is 0 Å². The molecule has 0 spiro atoms. The Kier molecular flexibility index (Phi) is 4.38. The lowest BCUT2D eigenvalue weighted by Gasteiger charge is -2.19. The van der Waals surface area contributed by atoms with Crippen molar-refractivity contribution in [1.29, 1.82) is 0 Å². The molecule has 0 bridgehead atoms. The molecule has 2 heterocycles. The normalized spacial score (nSPS) is 18.5. The molecule has 0 radical (unpaired) electrons. The van der Waals surface area contributed by atoms with Crippen LogP contribution in [0.4, 0.5) is 0 Å². The van der Waals surface area contributed by atoms with E-state index in [2.05, 4.69) is 61.2 Å². The van der Waals surface area contributed by atoms with Crippen LogP contribution in [0.25, 0.3) is 21.3 Å². The van der Waals surface area contributed by atoms with Gasteiger partial charge in [-0.05, 0) is 56.5 Å². The van der Waals surface area contributed by atoms with E-state index in [9.17, 15) is 0 Å². The molecule has 0 saturated carbocycles. The molecule has 0 unspecified atom stereocenters. The van der Waals surface area contributed by atoms with Gasteiger partial charge in [0.25, 0.3) is 0 Å². The van der Waals surface area contributed by atoms with E-state index in [1.165, 1.54) is 45.8 Å². The summed E-state index contributed by atoms with van der Waals surface area (Å²) in [5.41, 5.74) is 4.96. The Morgan fingerprint density at radius 3 is 2.67 bits per heavy atom. The lowest BCUT2D eigenvalue weighted by Crippen LogP contribution is -2.28. The van der Waals surface area contributed by atoms with Crippen LogP contribution in [-0.2, 0) is 6.42 Å². The van der Waals surface area contributed by atoms with Crippen molar-refractivity contribution < 1.29 is 0 Å². The molecular weight excluding hydrogens is 312 g/mol. The third-order valence-electron chi connectivity index (χ3n) is 5.12. The van der Waals surface area contributed by atoms with Crippen molar-refractivity contribution >= 4 is 21.6 Å². The van der Waals surface area contributed by atoms with Gasteiger partial charge in [0.05, 0.1) is 15.2 Å². The molecule has 1 aliphatic rings. The maximum absolute atomic E-state index is 4.89. The minimum atomic E-state index is 0.743. The molecule has 1 aliphatic heterocycles. The largest absolute Gasteiger partial charge is 0.300 e. The summed E-state index contributed by atoms with van der Waals surface area (Å²) >= 11 is 1.85. The average molecular weight is 337 g/mol. The van der Waals surface area contributed by atoms with E-state index >= 15 is 0 Å². The van der Waals surface area contributed by atoms with Gasteiger partial charge in [-0.2, -0.15) is 0 Å². The fourth-order valence-corrected chi connectivity index (χ4v) is 4.51. The first kappa shape index (κ1) is 15.8. The maximum atomic E-state index is 4.89. The first-order chi connectivity index (χ1) is 11.7. The van der Waals surface area contributed by atoms with E-state index in [1.807, 2.05) is 11.3 Å². The van der Waals surface area contributed by atoms with Crippen LogP contribution in [0.5, 0.6) is 0 Å². The summed E-state index contributed by atoms with van der Waals surface area (Å²) in [6.07, 6.45) is 3.77. The molecule has 0 aliphatic carbocycles. The van der Waals surface area contributed by atoms with Crippen molar-refractivity contribution in [3.8, 4) is 11.1 Å². The monoisotopic (exact) mass is 336 g/mol. The highest BCUT2D eigenvalue weighted by molar-refractivity contribution is 7.18. The number of aromatic nitrogens is 1. The lowest BCUT2D eigenvalue weighted by molar-refractivity contribution is 0.272. The van der Waals surface area contributed by atoms with E-state index < -0.39 is 0 Å². The summed E-state index contributed by atoms with van der Waals surface area (Å²) in [5.74, 6) is 0. The summed E-state index contributed by atoms with van der Waals surface area (Å²) in [5, 5.41) is 1.27. The minimum Gasteiger partial charge on any atom is -0.300 e. The van der Waals surface area contributed by atoms with Crippen molar-refractivity contribution in [1.82, 2.24) is 9.88 Å². The number of rotatable bonds is 4. The minimum absolute atomic E-state index is 0.743. The van der Waals surface area contributed by atoms with E-state index in [4.69, 9.17) is 4.98 Å². The predicted molar refractivity (Wildman–Crippen MR) is 104 cm³/mol. The Balaban J connectivity index is 1.53. The Morgan fingerprint density at radius 1 is 1.12 bits per heavy atom. The zero-order valence-corrected chi connectivity index (χ0v) is 15.3. The number of benzene rings is 2. The van der Waals surface area contributed by atoms with Crippen molar-refractivity contribution in [3.05, 3.63) is 53.0 Å². The Labute approximate surface area is 148 Å². The number of likely N-dealkylation sites (tertiary alicyclic amines) is 1. The van der Waals surface area contributed by atoms with E-state index in [0.29, 0.717) is 0 Å². The lowest BCUT2D eigenvalue weighted by atomic mass is 10.0. The SMILES string of the molecule is Cc1ccc(-c2ccc3sc(CCN4CCC[C@H]4C)nc3c2)cc1. The average Bonchev–Trinajstić information content (AvgIpc) is 3.18. The van der Waals surface area contributed by atoms with Crippen LogP contribution in [0.2, 0.25) is 0 Å². The fraction of sp³-hybridized carbons (Fsp3) is 0.381. The van der Waals surface area contributed by atoms with Gasteiger partial charge in [0.15, 0.2) is 0 Å². The number of thiazole rings is 1. The number of nitrogens with zero attached hydrogens (tertiary/aromatic N) is 2. The van der Waals surface area contributed by atoms with Crippen molar-refractivity contribution in [3.63, 3.8) is 0 Å². The van der Waals surface area contributed by atoms with E-state index in [0.717, 1.165) is 24.5 Å². The first-order valence-corrected chi connectivity index (χ1v) is 9.71. The summed E-state index contributed by atoms with van der Waals surface area (Å²) in [6.45, 7) is 6.87. The molecule has 3 heteroatoms. The second-order valence-corrected chi connectivity index (χ2v) is 8.05. The van der Waals surface area contributed by atoms with Gasteiger partial charge in [-0.15, -0.1) is 11.3 Å². The highest BCUT2D eigenvalue weighted by atomic mass is 32.1. The van der Waals surface area contributed by atoms with Gasteiger partial charge in [0.1, 0.15) is 0 Å². The molecule has 2 nitrogen and oxygen atoms in total. The number of aryl methyl sites for hydroxylation is 1. The van der Waals surface area contributed by atoms with Gasteiger partial charge < -0.3 is 4.90 Å². The van der Waals surface area contributed by atoms with Crippen LogP contribution in [-0.4, -0.2) is 29.0 Å². The molecule has 0 N–H and O–H groups in total. The van der Waals surface area contributed by atoms with Crippen LogP contribution in [0.1, 0.15) is 30.3 Å². The van der Waals surface area contributed by atoms with Gasteiger partial charge in [0.2, 0.25) is 0 Å².